The third-order valence-electron chi connectivity index (χ3n) is 4.14. The van der Waals surface area contributed by atoms with Crippen LogP contribution in [0.4, 0.5) is 19.0 Å². The van der Waals surface area contributed by atoms with E-state index in [1.165, 1.54) is 6.07 Å². The summed E-state index contributed by atoms with van der Waals surface area (Å²) in [6.07, 6.45) is -3.56. The number of halogens is 3. The topological polar surface area (TPSA) is 70.1 Å². The number of ether oxygens (including phenoxy) is 1. The molecule has 1 aliphatic rings. The minimum Gasteiger partial charge on any atom is -0.462 e. The number of nitrogens with zero attached hydrogens (tertiary/aromatic N) is 2. The number of anilines is 1. The Morgan fingerprint density at radius 2 is 1.88 bits per heavy atom. The first-order chi connectivity index (χ1) is 11.5. The zero-order valence-corrected chi connectivity index (χ0v) is 14.8. The zero-order chi connectivity index (χ0) is 18.8. The molecular weight excluding hydrogens is 335 g/mol. The van der Waals surface area contributed by atoms with E-state index in [0.717, 1.165) is 6.07 Å². The maximum atomic E-state index is 12.9. The number of alkyl halides is 3. The summed E-state index contributed by atoms with van der Waals surface area (Å²) in [7, 11) is 0. The number of hydrogen-bond donors (Lipinski definition) is 1. The lowest BCUT2D eigenvalue weighted by Crippen LogP contribution is -2.48. The van der Waals surface area contributed by atoms with Crippen LogP contribution >= 0.6 is 0 Å². The van der Waals surface area contributed by atoms with Gasteiger partial charge in [0.1, 0.15) is 24.2 Å². The van der Waals surface area contributed by atoms with Gasteiger partial charge < -0.3 is 15.4 Å². The molecule has 1 aromatic rings. The molecule has 1 saturated heterocycles. The van der Waals surface area contributed by atoms with Crippen molar-refractivity contribution in [2.75, 3.05) is 18.0 Å². The van der Waals surface area contributed by atoms with E-state index in [2.05, 4.69) is 10.7 Å². The molecule has 0 unspecified atom stereocenters. The Kier molecular flexibility index (Phi) is 5.61. The number of carbonyl (C=O) groups excluding carboxylic acids is 1. The van der Waals surface area contributed by atoms with Gasteiger partial charge >= 0.3 is 12.1 Å². The Balaban J connectivity index is 2.08. The van der Waals surface area contributed by atoms with Crippen molar-refractivity contribution < 1.29 is 28.4 Å². The third-order valence-corrected chi connectivity index (χ3v) is 4.14. The molecule has 1 aliphatic heterocycles. The van der Waals surface area contributed by atoms with Gasteiger partial charge in [-0.2, -0.15) is 13.2 Å². The van der Waals surface area contributed by atoms with Gasteiger partial charge in [-0.1, -0.05) is 0 Å². The van der Waals surface area contributed by atoms with Gasteiger partial charge in [0.25, 0.3) is 0 Å². The molecule has 0 spiro atoms. The molecule has 8 heteroatoms. The second-order valence-corrected chi connectivity index (χ2v) is 7.27. The van der Waals surface area contributed by atoms with Crippen LogP contribution in [0.3, 0.4) is 0 Å². The molecule has 0 aromatic carbocycles. The Bertz CT molecular complexity index is 619. The van der Waals surface area contributed by atoms with Gasteiger partial charge in [0.2, 0.25) is 0 Å². The van der Waals surface area contributed by atoms with Crippen LogP contribution in [-0.2, 0) is 22.3 Å². The number of pyridine rings is 1. The highest BCUT2D eigenvalue weighted by molar-refractivity contribution is 5.75. The molecule has 0 aliphatic carbocycles. The van der Waals surface area contributed by atoms with Gasteiger partial charge in [0, 0.05) is 31.5 Å². The number of piperidine rings is 1. The van der Waals surface area contributed by atoms with Crippen molar-refractivity contribution in [3.05, 3.63) is 23.4 Å². The van der Waals surface area contributed by atoms with Crippen molar-refractivity contribution in [3.8, 4) is 0 Å². The summed E-state index contributed by atoms with van der Waals surface area (Å²) in [6, 6.07) is 2.42. The van der Waals surface area contributed by atoms with Gasteiger partial charge in [0.05, 0.1) is 5.41 Å². The highest BCUT2D eigenvalue weighted by atomic mass is 19.4. The van der Waals surface area contributed by atoms with Gasteiger partial charge in [-0.05, 0) is 32.9 Å². The molecule has 0 radical (unpaired) electrons. The number of quaternary nitrogens is 1. The van der Waals surface area contributed by atoms with Crippen LogP contribution in [0.2, 0.25) is 0 Å². The van der Waals surface area contributed by atoms with E-state index in [4.69, 9.17) is 4.74 Å². The van der Waals surface area contributed by atoms with Crippen molar-refractivity contribution in [1.29, 1.82) is 0 Å². The minimum atomic E-state index is -4.48. The van der Waals surface area contributed by atoms with Crippen molar-refractivity contribution in [2.45, 2.75) is 52.4 Å². The maximum absolute atomic E-state index is 12.9. The molecule has 1 aromatic heterocycles. The molecule has 0 amide bonds. The van der Waals surface area contributed by atoms with Gasteiger partial charge in [0.15, 0.2) is 0 Å². The highest BCUT2D eigenvalue weighted by Gasteiger charge is 2.34. The second kappa shape index (κ2) is 7.19. The summed E-state index contributed by atoms with van der Waals surface area (Å²) in [4.78, 5) is 17.6. The third kappa shape index (κ3) is 4.84. The lowest BCUT2D eigenvalue weighted by molar-refractivity contribution is -0.386. The fourth-order valence-corrected chi connectivity index (χ4v) is 2.62. The molecule has 0 bridgehead atoms. The molecule has 3 N–H and O–H groups in total. The molecule has 1 fully saturated rings. The number of aromatic nitrogens is 1. The van der Waals surface area contributed by atoms with Crippen molar-refractivity contribution in [3.63, 3.8) is 0 Å². The molecule has 0 saturated carbocycles. The Morgan fingerprint density at radius 1 is 1.28 bits per heavy atom. The van der Waals surface area contributed by atoms with Crippen molar-refractivity contribution in [1.82, 2.24) is 4.98 Å². The summed E-state index contributed by atoms with van der Waals surface area (Å²) in [5.74, 6) is 0.0620. The Labute approximate surface area is 145 Å². The predicted molar refractivity (Wildman–Crippen MR) is 86.6 cm³/mol. The number of rotatable bonds is 3. The van der Waals surface area contributed by atoms with E-state index in [0.29, 0.717) is 43.9 Å². The first kappa shape index (κ1) is 19.5. The van der Waals surface area contributed by atoms with E-state index < -0.39 is 17.3 Å². The zero-order valence-electron chi connectivity index (χ0n) is 14.8. The first-order valence-corrected chi connectivity index (χ1v) is 8.34. The molecule has 25 heavy (non-hydrogen) atoms. The highest BCUT2D eigenvalue weighted by Crippen LogP contribution is 2.31. The van der Waals surface area contributed by atoms with Crippen LogP contribution in [0.5, 0.6) is 0 Å². The molecule has 2 heterocycles. The summed E-state index contributed by atoms with van der Waals surface area (Å²) in [6.45, 7) is 6.71. The Hall–Kier alpha value is -1.83. The van der Waals surface area contributed by atoms with E-state index in [1.807, 2.05) is 4.90 Å². The quantitative estimate of drug-likeness (QED) is 0.841. The van der Waals surface area contributed by atoms with Crippen LogP contribution in [0, 0.1) is 5.41 Å². The number of hydrogen-bond acceptors (Lipinski definition) is 4. The number of esters is 1. The molecule has 140 valence electrons. The summed E-state index contributed by atoms with van der Waals surface area (Å²) in [5.41, 5.74) is 2.98. The van der Waals surface area contributed by atoms with E-state index in [1.54, 1.807) is 20.8 Å². The van der Waals surface area contributed by atoms with Crippen molar-refractivity contribution in [2.24, 2.45) is 5.41 Å². The molecule has 2 rings (SSSR count). The second-order valence-electron chi connectivity index (χ2n) is 7.27. The summed E-state index contributed by atoms with van der Waals surface area (Å²) < 4.78 is 44.3. The van der Waals surface area contributed by atoms with E-state index in [-0.39, 0.29) is 12.1 Å². The Morgan fingerprint density at radius 3 is 2.36 bits per heavy atom. The van der Waals surface area contributed by atoms with Gasteiger partial charge in [-0.3, -0.25) is 4.79 Å². The van der Waals surface area contributed by atoms with Gasteiger partial charge in [-0.25, -0.2) is 4.98 Å². The summed E-state index contributed by atoms with van der Waals surface area (Å²) >= 11 is 0. The molecule has 0 atom stereocenters. The average Bonchev–Trinajstić information content (AvgIpc) is 2.53. The van der Waals surface area contributed by atoms with Crippen LogP contribution in [0.1, 0.15) is 44.9 Å². The SMILES string of the molecule is CC(C)(C)C(=O)OC1CCN(c2nc(C(F)(F)F)ccc2C[NH3+])CC1. The largest absolute Gasteiger partial charge is 0.462 e. The van der Waals surface area contributed by atoms with Crippen LogP contribution in [0.25, 0.3) is 0 Å². The van der Waals surface area contributed by atoms with E-state index >= 15 is 0 Å². The fraction of sp³-hybridized carbons (Fsp3) is 0.647. The van der Waals surface area contributed by atoms with Gasteiger partial charge in [-0.15, -0.1) is 0 Å². The maximum Gasteiger partial charge on any atom is 0.433 e. The monoisotopic (exact) mass is 360 g/mol. The standard InChI is InChI=1S/C17H24F3N3O2/c1-16(2,3)15(24)25-12-6-8-23(9-7-12)14-11(10-21)4-5-13(22-14)17(18,19)20/h4-5,12H,6-10,21H2,1-3H3/p+1. The first-order valence-electron chi connectivity index (χ1n) is 8.34. The average molecular weight is 360 g/mol. The van der Waals surface area contributed by atoms with E-state index in [9.17, 15) is 18.0 Å². The lowest BCUT2D eigenvalue weighted by atomic mass is 9.97. The van der Waals surface area contributed by atoms with Crippen LogP contribution in [0.15, 0.2) is 12.1 Å². The van der Waals surface area contributed by atoms with Crippen molar-refractivity contribution >= 4 is 11.8 Å². The summed E-state index contributed by atoms with van der Waals surface area (Å²) in [5, 5.41) is 0. The fourth-order valence-electron chi connectivity index (χ4n) is 2.62. The smallest absolute Gasteiger partial charge is 0.433 e. The number of carbonyl (C=O) groups is 1. The van der Waals surface area contributed by atoms with Crippen LogP contribution < -0.4 is 10.6 Å². The molecular formula is C17H25F3N3O2+. The normalized spacial score (nSPS) is 16.8. The predicted octanol–water partition coefficient (Wildman–Crippen LogP) is 2.40. The lowest BCUT2D eigenvalue weighted by Gasteiger charge is -2.34. The minimum absolute atomic E-state index is 0.211. The van der Waals surface area contributed by atoms with Crippen LogP contribution in [-0.4, -0.2) is 30.1 Å². The molecule has 5 nitrogen and oxygen atoms in total.